The van der Waals surface area contributed by atoms with E-state index in [1.165, 1.54) is 27.2 Å². The first-order chi connectivity index (χ1) is 13.9. The first-order valence-corrected chi connectivity index (χ1v) is 8.81. The Hall–Kier alpha value is -3.79. The van der Waals surface area contributed by atoms with Crippen molar-refractivity contribution in [1.82, 2.24) is 5.32 Å². The maximum atomic E-state index is 12.5. The normalized spacial score (nSPS) is 11.8. The number of nitrogens with zero attached hydrogens (tertiary/aromatic N) is 1. The Morgan fingerprint density at radius 3 is 2.17 bits per heavy atom. The number of esters is 1. The van der Waals surface area contributed by atoms with Crippen molar-refractivity contribution in [3.63, 3.8) is 0 Å². The van der Waals surface area contributed by atoms with Crippen LogP contribution < -0.4 is 19.5 Å². The summed E-state index contributed by atoms with van der Waals surface area (Å²) in [5.74, 6) is -0.439. The van der Waals surface area contributed by atoms with Gasteiger partial charge in [0.15, 0.2) is 11.5 Å². The molecular formula is C22H22N2O5. The molecule has 0 aliphatic rings. The smallest absolute Gasteiger partial charge is 0.308 e. The second-order valence-electron chi connectivity index (χ2n) is 6.12. The van der Waals surface area contributed by atoms with Gasteiger partial charge in [0.2, 0.25) is 5.75 Å². The molecule has 7 nitrogen and oxygen atoms in total. The molecular weight excluding hydrogens is 372 g/mol. The van der Waals surface area contributed by atoms with Gasteiger partial charge < -0.3 is 19.5 Å². The first-order valence-electron chi connectivity index (χ1n) is 8.81. The van der Waals surface area contributed by atoms with Crippen LogP contribution in [0.4, 0.5) is 0 Å². The Labute approximate surface area is 169 Å². The molecule has 0 spiro atoms. The van der Waals surface area contributed by atoms with Gasteiger partial charge in [-0.3, -0.25) is 9.59 Å². The molecule has 1 amide bonds. The molecule has 1 atom stereocenters. The van der Waals surface area contributed by atoms with E-state index in [1.54, 1.807) is 12.1 Å². The van der Waals surface area contributed by atoms with Crippen molar-refractivity contribution in [2.24, 2.45) is 0 Å². The van der Waals surface area contributed by atoms with Crippen LogP contribution in [0.5, 0.6) is 17.2 Å². The third-order valence-corrected chi connectivity index (χ3v) is 4.05. The Balaban J connectivity index is 2.33. The molecule has 0 radical (unpaired) electrons. The van der Waals surface area contributed by atoms with E-state index in [2.05, 4.69) is 5.32 Å². The molecule has 0 fully saturated rings. The Morgan fingerprint density at radius 2 is 1.69 bits per heavy atom. The zero-order valence-corrected chi connectivity index (χ0v) is 16.7. The van der Waals surface area contributed by atoms with E-state index in [1.807, 2.05) is 43.3 Å². The zero-order chi connectivity index (χ0) is 21.4. The SMILES string of the molecule is COc1cc(/C=C(\C#N)C(=O)N[C@@H](C)c2ccccc2)cc(OC)c1OC(C)=O. The molecule has 0 aliphatic carbocycles. The van der Waals surface area contributed by atoms with Gasteiger partial charge in [-0.1, -0.05) is 30.3 Å². The molecule has 0 saturated carbocycles. The highest BCUT2D eigenvalue weighted by Crippen LogP contribution is 2.39. The second kappa shape index (κ2) is 9.95. The number of hydrogen-bond donors (Lipinski definition) is 1. The van der Waals surface area contributed by atoms with Gasteiger partial charge in [0.05, 0.1) is 20.3 Å². The van der Waals surface area contributed by atoms with E-state index < -0.39 is 11.9 Å². The van der Waals surface area contributed by atoms with Crippen LogP contribution in [0.1, 0.15) is 31.0 Å². The van der Waals surface area contributed by atoms with Crippen LogP contribution in [0.15, 0.2) is 48.0 Å². The number of hydrogen-bond acceptors (Lipinski definition) is 6. The van der Waals surface area contributed by atoms with Gasteiger partial charge in [-0.25, -0.2) is 0 Å². The third-order valence-electron chi connectivity index (χ3n) is 4.05. The maximum Gasteiger partial charge on any atom is 0.308 e. The molecule has 0 heterocycles. The fraction of sp³-hybridized carbons (Fsp3) is 0.227. The lowest BCUT2D eigenvalue weighted by Crippen LogP contribution is -2.27. The number of rotatable bonds is 7. The second-order valence-corrected chi connectivity index (χ2v) is 6.12. The Kier molecular flexibility index (Phi) is 7.38. The fourth-order valence-corrected chi connectivity index (χ4v) is 2.64. The summed E-state index contributed by atoms with van der Waals surface area (Å²) in [6.45, 7) is 3.10. The lowest BCUT2D eigenvalue weighted by molar-refractivity contribution is -0.132. The lowest BCUT2D eigenvalue weighted by atomic mass is 10.1. The summed E-state index contributed by atoms with van der Waals surface area (Å²) < 4.78 is 15.7. The van der Waals surface area contributed by atoms with E-state index in [-0.39, 0.29) is 28.9 Å². The van der Waals surface area contributed by atoms with Crippen molar-refractivity contribution in [2.45, 2.75) is 19.9 Å². The van der Waals surface area contributed by atoms with Gasteiger partial charge >= 0.3 is 5.97 Å². The maximum absolute atomic E-state index is 12.5. The predicted octanol–water partition coefficient (Wildman–Crippen LogP) is 3.41. The average Bonchev–Trinajstić information content (AvgIpc) is 2.72. The van der Waals surface area contributed by atoms with Crippen molar-refractivity contribution in [3.8, 4) is 23.3 Å². The fourth-order valence-electron chi connectivity index (χ4n) is 2.64. The van der Waals surface area contributed by atoms with Gasteiger partial charge in [0, 0.05) is 6.92 Å². The number of nitriles is 1. The molecule has 2 aromatic carbocycles. The molecule has 0 aliphatic heterocycles. The van der Waals surface area contributed by atoms with Gasteiger partial charge in [0.25, 0.3) is 5.91 Å². The summed E-state index contributed by atoms with van der Waals surface area (Å²) >= 11 is 0. The Bertz CT molecular complexity index is 936. The van der Waals surface area contributed by atoms with Crippen LogP contribution in [-0.2, 0) is 9.59 Å². The highest BCUT2D eigenvalue weighted by atomic mass is 16.6. The summed E-state index contributed by atoms with van der Waals surface area (Å²) in [7, 11) is 2.82. The number of methoxy groups -OCH3 is 2. The Morgan fingerprint density at radius 1 is 1.10 bits per heavy atom. The number of amides is 1. The van der Waals surface area contributed by atoms with Gasteiger partial charge in [0.1, 0.15) is 11.6 Å². The molecule has 150 valence electrons. The van der Waals surface area contributed by atoms with Crippen molar-refractivity contribution >= 4 is 18.0 Å². The van der Waals surface area contributed by atoms with E-state index in [9.17, 15) is 14.9 Å². The molecule has 0 bridgehead atoms. The quantitative estimate of drug-likeness (QED) is 0.334. The number of benzene rings is 2. The molecule has 0 aromatic heterocycles. The van der Waals surface area contributed by atoms with Gasteiger partial charge in [-0.2, -0.15) is 5.26 Å². The number of ether oxygens (including phenoxy) is 3. The minimum atomic E-state index is -0.531. The summed E-state index contributed by atoms with van der Waals surface area (Å²) in [4.78, 5) is 23.9. The molecule has 2 rings (SSSR count). The third kappa shape index (κ3) is 5.59. The van der Waals surface area contributed by atoms with E-state index in [0.29, 0.717) is 5.56 Å². The highest BCUT2D eigenvalue weighted by molar-refractivity contribution is 6.02. The van der Waals surface area contributed by atoms with E-state index in [0.717, 1.165) is 5.56 Å². The van der Waals surface area contributed by atoms with Crippen LogP contribution in [-0.4, -0.2) is 26.1 Å². The summed E-state index contributed by atoms with van der Waals surface area (Å²) in [6, 6.07) is 14.2. The molecule has 0 unspecified atom stereocenters. The molecule has 0 saturated heterocycles. The van der Waals surface area contributed by atoms with E-state index >= 15 is 0 Å². The van der Waals surface area contributed by atoms with Crippen LogP contribution in [0.25, 0.3) is 6.08 Å². The van der Waals surface area contributed by atoms with E-state index in [4.69, 9.17) is 14.2 Å². The predicted molar refractivity (Wildman–Crippen MR) is 107 cm³/mol. The van der Waals surface area contributed by atoms with Gasteiger partial charge in [-0.05, 0) is 36.3 Å². The zero-order valence-electron chi connectivity index (χ0n) is 16.7. The monoisotopic (exact) mass is 394 g/mol. The standard InChI is InChI=1S/C22H22N2O5/c1-14(17-8-6-5-7-9-17)24-22(26)18(13-23)10-16-11-19(27-3)21(29-15(2)25)20(12-16)28-4/h5-12,14H,1-4H3,(H,24,26)/b18-10+/t14-/m0/s1. The van der Waals surface area contributed by atoms with Crippen LogP contribution in [0, 0.1) is 11.3 Å². The van der Waals surface area contributed by atoms with Crippen LogP contribution in [0.3, 0.4) is 0 Å². The minimum absolute atomic E-state index is 0.0860. The molecule has 29 heavy (non-hydrogen) atoms. The summed E-state index contributed by atoms with van der Waals surface area (Å²) in [5, 5.41) is 12.3. The van der Waals surface area contributed by atoms with Crippen molar-refractivity contribution in [2.75, 3.05) is 14.2 Å². The van der Waals surface area contributed by atoms with Crippen LogP contribution in [0.2, 0.25) is 0 Å². The van der Waals surface area contributed by atoms with Crippen LogP contribution >= 0.6 is 0 Å². The van der Waals surface area contributed by atoms with Crippen molar-refractivity contribution in [3.05, 3.63) is 59.2 Å². The minimum Gasteiger partial charge on any atom is -0.493 e. The van der Waals surface area contributed by atoms with Gasteiger partial charge in [-0.15, -0.1) is 0 Å². The molecule has 2 aromatic rings. The topological polar surface area (TPSA) is 97.7 Å². The first kappa shape index (κ1) is 21.5. The average molecular weight is 394 g/mol. The number of carbonyl (C=O) groups excluding carboxylic acids is 2. The summed E-state index contributed by atoms with van der Waals surface area (Å²) in [6.07, 6.45) is 1.41. The molecule has 1 N–H and O–H groups in total. The molecule has 7 heteroatoms. The van der Waals surface area contributed by atoms with Crippen molar-refractivity contribution in [1.29, 1.82) is 5.26 Å². The largest absolute Gasteiger partial charge is 0.493 e. The lowest BCUT2D eigenvalue weighted by Gasteiger charge is -2.15. The van der Waals surface area contributed by atoms with Crippen molar-refractivity contribution < 1.29 is 23.8 Å². The number of carbonyl (C=O) groups is 2. The highest BCUT2D eigenvalue weighted by Gasteiger charge is 2.18. The summed E-state index contributed by atoms with van der Waals surface area (Å²) in [5.41, 5.74) is 1.32. The number of nitrogens with one attached hydrogen (secondary N) is 1.